The number of carbonyl (C=O) groups excluding carboxylic acids is 3. The van der Waals surface area contributed by atoms with Crippen molar-refractivity contribution < 1.29 is 27.9 Å². The van der Waals surface area contributed by atoms with Crippen LogP contribution in [-0.4, -0.2) is 36.1 Å². The minimum atomic E-state index is -1.05. The number of ether oxygens (including phenoxy) is 1. The molecule has 1 fully saturated rings. The summed E-state index contributed by atoms with van der Waals surface area (Å²) in [4.78, 5) is 39.4. The van der Waals surface area contributed by atoms with Gasteiger partial charge in [0.2, 0.25) is 0 Å². The summed E-state index contributed by atoms with van der Waals surface area (Å²) in [7, 11) is 1.20. The standard InChI is InChI=1S/C18H14F2N2O4S/c1-26-15(23)10-21(13-6-2-11(19)3-7-13)17-16(24)22(18(25)27-17)14-8-4-12(20)5-9-14/h2-9,17H,10H2,1H3. The number of hydrogen-bond donors (Lipinski definition) is 0. The molecular weight excluding hydrogens is 378 g/mol. The summed E-state index contributed by atoms with van der Waals surface area (Å²) >= 11 is 0.709. The third-order valence-electron chi connectivity index (χ3n) is 3.88. The highest BCUT2D eigenvalue weighted by molar-refractivity contribution is 8.16. The number of amides is 2. The monoisotopic (exact) mass is 392 g/mol. The summed E-state index contributed by atoms with van der Waals surface area (Å²) in [6.45, 7) is -0.309. The first-order chi connectivity index (χ1) is 12.9. The molecule has 0 aromatic heterocycles. The Morgan fingerprint density at radius 1 is 1.07 bits per heavy atom. The highest BCUT2D eigenvalue weighted by Crippen LogP contribution is 2.35. The zero-order valence-corrected chi connectivity index (χ0v) is 14.9. The second-order valence-electron chi connectivity index (χ2n) is 5.57. The number of anilines is 2. The fraction of sp³-hybridized carbons (Fsp3) is 0.167. The fourth-order valence-corrected chi connectivity index (χ4v) is 3.59. The molecule has 1 heterocycles. The molecule has 0 N–H and O–H groups in total. The van der Waals surface area contributed by atoms with E-state index >= 15 is 0 Å². The number of halogens is 2. The van der Waals surface area contributed by atoms with Gasteiger partial charge in [0.15, 0.2) is 5.37 Å². The minimum absolute atomic E-state index is 0.221. The zero-order valence-electron chi connectivity index (χ0n) is 14.1. The Bertz CT molecular complexity index is 874. The molecule has 9 heteroatoms. The van der Waals surface area contributed by atoms with E-state index < -0.39 is 34.1 Å². The van der Waals surface area contributed by atoms with Crippen LogP contribution in [0.2, 0.25) is 0 Å². The molecule has 1 saturated heterocycles. The van der Waals surface area contributed by atoms with Crippen molar-refractivity contribution in [3.63, 3.8) is 0 Å². The number of imide groups is 1. The molecule has 2 aromatic rings. The van der Waals surface area contributed by atoms with Gasteiger partial charge < -0.3 is 9.64 Å². The first-order valence-electron chi connectivity index (χ1n) is 7.80. The number of rotatable bonds is 5. The maximum Gasteiger partial charge on any atom is 0.325 e. The van der Waals surface area contributed by atoms with Gasteiger partial charge in [0.05, 0.1) is 12.8 Å². The Kier molecular flexibility index (Phi) is 5.41. The SMILES string of the molecule is COC(=O)CN(c1ccc(F)cc1)C1SC(=O)N(c2ccc(F)cc2)C1=O. The van der Waals surface area contributed by atoms with Crippen molar-refractivity contribution in [3.8, 4) is 0 Å². The highest BCUT2D eigenvalue weighted by atomic mass is 32.2. The molecule has 0 spiro atoms. The molecule has 0 radical (unpaired) electrons. The van der Waals surface area contributed by atoms with Gasteiger partial charge in [-0.25, -0.2) is 13.7 Å². The lowest BCUT2D eigenvalue weighted by atomic mass is 10.2. The Labute approximate surface area is 157 Å². The Hall–Kier alpha value is -2.94. The minimum Gasteiger partial charge on any atom is -0.468 e. The Morgan fingerprint density at radius 2 is 1.63 bits per heavy atom. The Morgan fingerprint density at radius 3 is 2.19 bits per heavy atom. The molecule has 2 aromatic carbocycles. The molecule has 1 aliphatic heterocycles. The number of esters is 1. The fourth-order valence-electron chi connectivity index (χ4n) is 2.56. The molecule has 0 saturated carbocycles. The van der Waals surface area contributed by atoms with E-state index in [1.54, 1.807) is 0 Å². The molecule has 140 valence electrons. The largest absolute Gasteiger partial charge is 0.468 e. The van der Waals surface area contributed by atoms with Gasteiger partial charge in [-0.15, -0.1) is 0 Å². The highest BCUT2D eigenvalue weighted by Gasteiger charge is 2.44. The number of nitrogens with zero attached hydrogens (tertiary/aromatic N) is 2. The molecule has 1 unspecified atom stereocenters. The van der Waals surface area contributed by atoms with Crippen LogP contribution in [0, 0.1) is 11.6 Å². The lowest BCUT2D eigenvalue weighted by Crippen LogP contribution is -2.44. The van der Waals surface area contributed by atoms with Crippen molar-refractivity contribution >= 4 is 40.3 Å². The van der Waals surface area contributed by atoms with E-state index in [1.807, 2.05) is 0 Å². The van der Waals surface area contributed by atoms with Crippen LogP contribution in [0.3, 0.4) is 0 Å². The van der Waals surface area contributed by atoms with Gasteiger partial charge in [0.1, 0.15) is 18.2 Å². The van der Waals surface area contributed by atoms with Crippen LogP contribution in [0.15, 0.2) is 48.5 Å². The summed E-state index contributed by atoms with van der Waals surface area (Å²) in [6, 6.07) is 10.1. The van der Waals surface area contributed by atoms with Crippen molar-refractivity contribution in [2.75, 3.05) is 23.5 Å². The topological polar surface area (TPSA) is 66.9 Å². The average molecular weight is 392 g/mol. The lowest BCUT2D eigenvalue weighted by Gasteiger charge is -2.27. The van der Waals surface area contributed by atoms with Crippen molar-refractivity contribution in [1.29, 1.82) is 0 Å². The molecule has 0 aliphatic carbocycles. The van der Waals surface area contributed by atoms with Gasteiger partial charge in [0.25, 0.3) is 11.1 Å². The van der Waals surface area contributed by atoms with E-state index in [1.165, 1.54) is 48.4 Å². The summed E-state index contributed by atoms with van der Waals surface area (Å²) in [5.74, 6) is -2.20. The van der Waals surface area contributed by atoms with Crippen LogP contribution in [0.4, 0.5) is 25.0 Å². The average Bonchev–Trinajstić information content (AvgIpc) is 2.95. The van der Waals surface area contributed by atoms with Crippen LogP contribution in [0.1, 0.15) is 0 Å². The second kappa shape index (κ2) is 7.75. The van der Waals surface area contributed by atoms with E-state index in [9.17, 15) is 23.2 Å². The van der Waals surface area contributed by atoms with E-state index in [-0.39, 0.29) is 12.2 Å². The van der Waals surface area contributed by atoms with Crippen LogP contribution in [-0.2, 0) is 14.3 Å². The van der Waals surface area contributed by atoms with E-state index in [4.69, 9.17) is 0 Å². The molecule has 27 heavy (non-hydrogen) atoms. The number of thioether (sulfide) groups is 1. The summed E-state index contributed by atoms with van der Waals surface area (Å²) < 4.78 is 31.0. The normalized spacial score (nSPS) is 16.6. The van der Waals surface area contributed by atoms with Crippen LogP contribution >= 0.6 is 11.8 Å². The smallest absolute Gasteiger partial charge is 0.325 e. The number of hydrogen-bond acceptors (Lipinski definition) is 6. The zero-order chi connectivity index (χ0) is 19.6. The second-order valence-corrected chi connectivity index (χ2v) is 6.60. The summed E-state index contributed by atoms with van der Waals surface area (Å²) in [6.07, 6.45) is 0. The number of carbonyl (C=O) groups is 3. The van der Waals surface area contributed by atoms with Crippen LogP contribution in [0.5, 0.6) is 0 Å². The van der Waals surface area contributed by atoms with Crippen LogP contribution in [0.25, 0.3) is 0 Å². The van der Waals surface area contributed by atoms with Gasteiger partial charge in [0, 0.05) is 5.69 Å². The summed E-state index contributed by atoms with van der Waals surface area (Å²) in [5.41, 5.74) is 0.597. The molecule has 3 rings (SSSR count). The third-order valence-corrected chi connectivity index (χ3v) is 4.94. The van der Waals surface area contributed by atoms with Gasteiger partial charge in [-0.05, 0) is 60.3 Å². The molecule has 1 aliphatic rings. The van der Waals surface area contributed by atoms with E-state index in [0.717, 1.165) is 17.0 Å². The summed E-state index contributed by atoms with van der Waals surface area (Å²) in [5, 5.41) is -1.61. The number of benzene rings is 2. The molecule has 6 nitrogen and oxygen atoms in total. The van der Waals surface area contributed by atoms with Gasteiger partial charge in [-0.1, -0.05) is 0 Å². The van der Waals surface area contributed by atoms with Gasteiger partial charge in [-0.3, -0.25) is 14.4 Å². The first-order valence-corrected chi connectivity index (χ1v) is 8.68. The van der Waals surface area contributed by atoms with E-state index in [2.05, 4.69) is 4.74 Å². The quantitative estimate of drug-likeness (QED) is 0.729. The van der Waals surface area contributed by atoms with Gasteiger partial charge in [-0.2, -0.15) is 0 Å². The molecule has 1 atom stereocenters. The van der Waals surface area contributed by atoms with Crippen LogP contribution < -0.4 is 9.80 Å². The predicted octanol–water partition coefficient (Wildman–Crippen LogP) is 3.17. The first kappa shape index (κ1) is 18.8. The number of methoxy groups -OCH3 is 1. The van der Waals surface area contributed by atoms with Crippen molar-refractivity contribution in [2.24, 2.45) is 0 Å². The maximum atomic E-state index is 13.2. The van der Waals surface area contributed by atoms with Crippen molar-refractivity contribution in [2.45, 2.75) is 5.37 Å². The molecule has 2 amide bonds. The van der Waals surface area contributed by atoms with Crippen molar-refractivity contribution in [1.82, 2.24) is 0 Å². The maximum absolute atomic E-state index is 13.2. The lowest BCUT2D eigenvalue weighted by molar-refractivity contribution is -0.139. The van der Waals surface area contributed by atoms with Crippen molar-refractivity contribution in [3.05, 3.63) is 60.2 Å². The third kappa shape index (κ3) is 3.92. The molecular formula is C18H14F2N2O4S. The van der Waals surface area contributed by atoms with E-state index in [0.29, 0.717) is 17.4 Å². The van der Waals surface area contributed by atoms with Gasteiger partial charge >= 0.3 is 5.97 Å². The predicted molar refractivity (Wildman–Crippen MR) is 96.4 cm³/mol. The molecule has 0 bridgehead atoms. The Balaban J connectivity index is 1.93.